The zero-order valence-electron chi connectivity index (χ0n) is 22.9. The van der Waals surface area contributed by atoms with Crippen molar-refractivity contribution >= 4 is 6.47 Å². The predicted molar refractivity (Wildman–Crippen MR) is 138 cm³/mol. The summed E-state index contributed by atoms with van der Waals surface area (Å²) in [4.78, 5) is 11.5. The van der Waals surface area contributed by atoms with Gasteiger partial charge in [0.25, 0.3) is 6.47 Å². The monoisotopic (exact) mass is 591 g/mol. The molecule has 5 atom stereocenters. The molecule has 11 nitrogen and oxygen atoms in total. The quantitative estimate of drug-likeness (QED) is 0.281. The summed E-state index contributed by atoms with van der Waals surface area (Å²) in [5.41, 5.74) is 6.93. The smallest absolute Gasteiger partial charge is 0.293 e. The predicted octanol–water partition coefficient (Wildman–Crippen LogP) is 2.75. The first-order valence-corrected chi connectivity index (χ1v) is 13.9. The maximum absolute atomic E-state index is 13.9. The number of aliphatic hydroxyl groups excluding tert-OH is 1. The molecule has 7 rings (SSSR count). The Bertz CT molecular complexity index is 1400. The van der Waals surface area contributed by atoms with Gasteiger partial charge >= 0.3 is 0 Å². The third-order valence-electron chi connectivity index (χ3n) is 9.31. The van der Waals surface area contributed by atoms with Crippen LogP contribution in [0.15, 0.2) is 28.9 Å². The zero-order valence-corrected chi connectivity index (χ0v) is 22.9. The van der Waals surface area contributed by atoms with E-state index in [4.69, 9.17) is 24.5 Å². The van der Waals surface area contributed by atoms with Crippen LogP contribution in [0.4, 0.5) is 13.2 Å². The highest BCUT2D eigenvalue weighted by Gasteiger charge is 2.51. The second kappa shape index (κ2) is 11.1. The number of ether oxygens (including phenoxy) is 3. The lowest BCUT2D eigenvalue weighted by atomic mass is 9.57. The van der Waals surface area contributed by atoms with Crippen molar-refractivity contribution in [3.63, 3.8) is 0 Å². The van der Waals surface area contributed by atoms with Gasteiger partial charge in [-0.05, 0) is 50.7 Å². The molecule has 2 bridgehead atoms. The number of methoxy groups -OCH3 is 1. The van der Waals surface area contributed by atoms with Crippen LogP contribution in [0.3, 0.4) is 0 Å². The van der Waals surface area contributed by atoms with Gasteiger partial charge in [-0.2, -0.15) is 0 Å². The SMILES string of the molecule is CO[C@@H]1[C@H](n2cc(-c3cc(F)c(F)c(F)c3)nn2)[C@@H](OC=O)[C@@H](CO)O[C@@H]1Cc1cc(C23CCC(N)(CC2)CC3)on1. The fourth-order valence-corrected chi connectivity index (χ4v) is 6.85. The molecule has 1 aliphatic heterocycles. The number of halogens is 3. The summed E-state index contributed by atoms with van der Waals surface area (Å²) in [6.45, 7) is -0.265. The molecular formula is C28H32F3N5O6. The second-order valence-electron chi connectivity index (χ2n) is 11.7. The number of aliphatic hydroxyl groups is 1. The molecule has 0 radical (unpaired) electrons. The summed E-state index contributed by atoms with van der Waals surface area (Å²) in [6.07, 6.45) is 3.74. The molecule has 1 saturated heterocycles. The number of fused-ring (bicyclic) bond motifs is 3. The largest absolute Gasteiger partial charge is 0.459 e. The van der Waals surface area contributed by atoms with Crippen LogP contribution in [0, 0.1) is 17.5 Å². The van der Waals surface area contributed by atoms with E-state index >= 15 is 0 Å². The third-order valence-corrected chi connectivity index (χ3v) is 9.31. The Kier molecular flexibility index (Phi) is 7.58. The summed E-state index contributed by atoms with van der Waals surface area (Å²) < 4.78 is 65.8. The molecule has 3 N–H and O–H groups in total. The zero-order chi connectivity index (χ0) is 29.6. The number of aromatic nitrogens is 4. The fourth-order valence-electron chi connectivity index (χ4n) is 6.85. The van der Waals surface area contributed by atoms with E-state index in [-0.39, 0.29) is 35.1 Å². The van der Waals surface area contributed by atoms with E-state index < -0.39 is 54.5 Å². The third kappa shape index (κ3) is 4.99. The van der Waals surface area contributed by atoms with Crippen LogP contribution in [0.2, 0.25) is 0 Å². The molecule has 2 aromatic heterocycles. The first kappa shape index (κ1) is 28.8. The van der Waals surface area contributed by atoms with Gasteiger partial charge in [0, 0.05) is 36.1 Å². The molecule has 3 saturated carbocycles. The molecule has 4 aliphatic rings. The van der Waals surface area contributed by atoms with Gasteiger partial charge in [-0.15, -0.1) is 5.10 Å². The van der Waals surface area contributed by atoms with Crippen molar-refractivity contribution in [1.82, 2.24) is 20.2 Å². The van der Waals surface area contributed by atoms with E-state index in [1.54, 1.807) is 0 Å². The minimum atomic E-state index is -1.60. The Balaban J connectivity index is 1.29. The number of benzene rings is 1. The first-order valence-electron chi connectivity index (χ1n) is 13.9. The number of hydrogen-bond acceptors (Lipinski definition) is 10. The molecule has 3 aromatic rings. The summed E-state index contributed by atoms with van der Waals surface area (Å²) >= 11 is 0. The molecule has 226 valence electrons. The summed E-state index contributed by atoms with van der Waals surface area (Å²) in [6, 6.07) is 2.67. The van der Waals surface area contributed by atoms with Crippen molar-refractivity contribution < 1.29 is 41.8 Å². The lowest BCUT2D eigenvalue weighted by Crippen LogP contribution is -2.58. The van der Waals surface area contributed by atoms with Crippen molar-refractivity contribution in [2.75, 3.05) is 13.7 Å². The van der Waals surface area contributed by atoms with E-state index in [0.717, 1.165) is 56.4 Å². The molecule has 1 aromatic carbocycles. The van der Waals surface area contributed by atoms with E-state index in [1.165, 1.54) is 18.0 Å². The van der Waals surface area contributed by atoms with Gasteiger partial charge in [-0.3, -0.25) is 4.79 Å². The number of carbonyl (C=O) groups is 1. The van der Waals surface area contributed by atoms with Crippen LogP contribution < -0.4 is 5.73 Å². The molecule has 3 aliphatic carbocycles. The lowest BCUT2D eigenvalue weighted by Gasteiger charge is -2.50. The number of nitrogens with zero attached hydrogens (tertiary/aromatic N) is 4. The molecule has 3 heterocycles. The van der Waals surface area contributed by atoms with Gasteiger partial charge in [-0.25, -0.2) is 17.9 Å². The molecule has 14 heteroatoms. The van der Waals surface area contributed by atoms with Crippen LogP contribution in [0.25, 0.3) is 11.3 Å². The molecule has 0 amide bonds. The highest BCUT2D eigenvalue weighted by molar-refractivity contribution is 5.58. The van der Waals surface area contributed by atoms with E-state index in [0.29, 0.717) is 5.69 Å². The van der Waals surface area contributed by atoms with Crippen LogP contribution in [-0.2, 0) is 30.8 Å². The molecular weight excluding hydrogens is 559 g/mol. The maximum Gasteiger partial charge on any atom is 0.293 e. The minimum absolute atomic E-state index is 0.0398. The Morgan fingerprint density at radius 1 is 1.10 bits per heavy atom. The van der Waals surface area contributed by atoms with Gasteiger partial charge < -0.3 is 29.6 Å². The lowest BCUT2D eigenvalue weighted by molar-refractivity contribution is -0.219. The Morgan fingerprint density at radius 3 is 2.40 bits per heavy atom. The van der Waals surface area contributed by atoms with Gasteiger partial charge in [0.05, 0.1) is 24.6 Å². The number of carbonyl (C=O) groups excluding carboxylic acids is 1. The van der Waals surface area contributed by atoms with Gasteiger partial charge in [-0.1, -0.05) is 10.4 Å². The second-order valence-corrected chi connectivity index (χ2v) is 11.7. The van der Waals surface area contributed by atoms with Crippen molar-refractivity contribution in [1.29, 1.82) is 0 Å². The van der Waals surface area contributed by atoms with Crippen molar-refractivity contribution in [3.8, 4) is 11.3 Å². The van der Waals surface area contributed by atoms with Crippen LogP contribution in [0.1, 0.15) is 56.0 Å². The number of hydrogen-bond donors (Lipinski definition) is 2. The van der Waals surface area contributed by atoms with Crippen molar-refractivity contribution in [2.24, 2.45) is 5.73 Å². The van der Waals surface area contributed by atoms with E-state index in [1.807, 2.05) is 6.07 Å². The summed E-state index contributed by atoms with van der Waals surface area (Å²) in [5.74, 6) is -3.53. The molecule has 0 spiro atoms. The highest BCUT2D eigenvalue weighted by atomic mass is 19.2. The number of nitrogens with two attached hydrogens (primary N) is 1. The van der Waals surface area contributed by atoms with Crippen molar-refractivity contribution in [2.45, 2.75) is 86.4 Å². The molecule has 42 heavy (non-hydrogen) atoms. The molecule has 4 fully saturated rings. The van der Waals surface area contributed by atoms with Gasteiger partial charge in [0.15, 0.2) is 23.6 Å². The Labute approximate surface area is 239 Å². The van der Waals surface area contributed by atoms with Gasteiger partial charge in [0.1, 0.15) is 29.7 Å². The summed E-state index contributed by atoms with van der Waals surface area (Å²) in [7, 11) is 1.45. The summed E-state index contributed by atoms with van der Waals surface area (Å²) in [5, 5.41) is 22.6. The van der Waals surface area contributed by atoms with E-state index in [9.17, 15) is 23.1 Å². The Hall–Kier alpha value is -3.33. The van der Waals surface area contributed by atoms with Gasteiger partial charge in [0.2, 0.25) is 0 Å². The van der Waals surface area contributed by atoms with Crippen LogP contribution >= 0.6 is 0 Å². The number of rotatable bonds is 9. The average Bonchev–Trinajstić information content (AvgIpc) is 3.67. The standard InChI is InChI=1S/C28H32F3N5O6/c1-39-25-20(10-16-11-22(42-34-16)27-2-5-28(32,6-3-27)7-4-27)41-21(13-37)26(40-14-38)24(25)36-12-19(33-35-36)15-8-17(29)23(31)18(30)9-15/h8-9,11-12,14,20-21,24-26,37H,2-7,10,13,32H2,1H3/t20-,21-,24+,25+,26+,27?,28?/m1/s1. The normalized spacial score (nSPS) is 32.7. The maximum atomic E-state index is 13.9. The highest BCUT2D eigenvalue weighted by Crippen LogP contribution is 2.52. The topological polar surface area (TPSA) is 148 Å². The minimum Gasteiger partial charge on any atom is -0.459 e. The fraction of sp³-hybridized carbons (Fsp3) is 0.571. The van der Waals surface area contributed by atoms with Crippen molar-refractivity contribution in [3.05, 3.63) is 53.3 Å². The average molecular weight is 592 g/mol. The van der Waals surface area contributed by atoms with Crippen LogP contribution in [-0.4, -0.2) is 75.4 Å². The first-order chi connectivity index (χ1) is 20.2. The van der Waals surface area contributed by atoms with E-state index in [2.05, 4.69) is 15.5 Å². The molecule has 0 unspecified atom stereocenters. The Morgan fingerprint density at radius 2 is 1.79 bits per heavy atom. The van der Waals surface area contributed by atoms with Crippen LogP contribution in [0.5, 0.6) is 0 Å².